The van der Waals surface area contributed by atoms with Gasteiger partial charge in [0.25, 0.3) is 0 Å². The van der Waals surface area contributed by atoms with Crippen molar-refractivity contribution in [1.29, 1.82) is 0 Å². The summed E-state index contributed by atoms with van der Waals surface area (Å²) in [5.41, 5.74) is 0. The molecule has 2 rings (SSSR count). The van der Waals surface area contributed by atoms with Crippen LogP contribution in [0.15, 0.2) is 0 Å². The van der Waals surface area contributed by atoms with Gasteiger partial charge in [-0.1, -0.05) is 0 Å². The molecular weight excluding hydrogens is 214 g/mol. The van der Waals surface area contributed by atoms with E-state index in [4.69, 9.17) is 4.74 Å². The maximum absolute atomic E-state index is 5.52. The quantitative estimate of drug-likeness (QED) is 0.745. The summed E-state index contributed by atoms with van der Waals surface area (Å²) in [6, 6.07) is 0. The van der Waals surface area contributed by atoms with Crippen LogP contribution in [0.4, 0.5) is 0 Å². The van der Waals surface area contributed by atoms with Gasteiger partial charge in [0.2, 0.25) is 0 Å². The summed E-state index contributed by atoms with van der Waals surface area (Å²) < 4.78 is 5.52. The van der Waals surface area contributed by atoms with Gasteiger partial charge in [-0.15, -0.1) is 12.4 Å². The van der Waals surface area contributed by atoms with Crippen LogP contribution in [0.25, 0.3) is 0 Å². The van der Waals surface area contributed by atoms with Crippen LogP contribution in [-0.2, 0) is 4.74 Å². The van der Waals surface area contributed by atoms with Gasteiger partial charge in [-0.3, -0.25) is 5.32 Å². The molecule has 2 heterocycles. The second kappa shape index (κ2) is 6.66. The van der Waals surface area contributed by atoms with Crippen molar-refractivity contribution >= 4 is 12.4 Å². The van der Waals surface area contributed by atoms with E-state index in [2.05, 4.69) is 22.2 Å². The molecule has 0 saturated carbocycles. The Morgan fingerprint density at radius 2 is 2.00 bits per heavy atom. The Hall–Kier alpha value is 0.130. The first kappa shape index (κ1) is 13.2. The molecule has 0 amide bonds. The zero-order valence-corrected chi connectivity index (χ0v) is 10.3. The summed E-state index contributed by atoms with van der Waals surface area (Å²) in [4.78, 5) is 4.92. The first-order chi connectivity index (χ1) is 6.84. The highest BCUT2D eigenvalue weighted by molar-refractivity contribution is 5.85. The molecule has 2 fully saturated rings. The summed E-state index contributed by atoms with van der Waals surface area (Å²) in [6.07, 6.45) is 1.44. The Bertz CT molecular complexity index is 168. The number of likely N-dealkylation sites (N-methyl/N-ethyl adjacent to an activating group) is 1. The first-order valence-electron chi connectivity index (χ1n) is 5.60. The fourth-order valence-corrected chi connectivity index (χ4v) is 2.04. The SMILES string of the molecule is CN1CCN(CCC2NCCO2)CC1.Cl. The van der Waals surface area contributed by atoms with E-state index in [1.54, 1.807) is 0 Å². The smallest absolute Gasteiger partial charge is 0.109 e. The van der Waals surface area contributed by atoms with Gasteiger partial charge in [-0.05, 0) is 13.5 Å². The molecule has 90 valence electrons. The molecule has 1 unspecified atom stereocenters. The van der Waals surface area contributed by atoms with E-state index in [-0.39, 0.29) is 12.4 Å². The molecule has 0 radical (unpaired) electrons. The maximum Gasteiger partial charge on any atom is 0.109 e. The van der Waals surface area contributed by atoms with E-state index in [9.17, 15) is 0 Å². The number of rotatable bonds is 3. The first-order valence-corrected chi connectivity index (χ1v) is 5.60. The van der Waals surface area contributed by atoms with Crippen LogP contribution in [0.2, 0.25) is 0 Å². The maximum atomic E-state index is 5.52. The minimum atomic E-state index is 0. The van der Waals surface area contributed by atoms with Gasteiger partial charge in [0, 0.05) is 39.3 Å². The van der Waals surface area contributed by atoms with Gasteiger partial charge in [-0.2, -0.15) is 0 Å². The monoisotopic (exact) mass is 235 g/mol. The third-order valence-electron chi connectivity index (χ3n) is 3.10. The van der Waals surface area contributed by atoms with Crippen molar-refractivity contribution in [2.45, 2.75) is 12.6 Å². The standard InChI is InChI=1S/C10H21N3O.ClH/c1-12-5-7-13(8-6-12)4-2-10-11-3-9-14-10;/h10-11H,2-9H2,1H3;1H. The van der Waals surface area contributed by atoms with Crippen LogP contribution >= 0.6 is 12.4 Å². The Morgan fingerprint density at radius 3 is 2.60 bits per heavy atom. The predicted octanol–water partition coefficient (Wildman–Crippen LogP) is -0.00840. The lowest BCUT2D eigenvalue weighted by atomic mass is 10.3. The zero-order valence-electron chi connectivity index (χ0n) is 9.45. The van der Waals surface area contributed by atoms with E-state index in [1.807, 2.05) is 0 Å². The number of hydrogen-bond acceptors (Lipinski definition) is 4. The Balaban J connectivity index is 0.00000112. The lowest BCUT2D eigenvalue weighted by Crippen LogP contribution is -2.45. The predicted molar refractivity (Wildman–Crippen MR) is 63.5 cm³/mol. The highest BCUT2D eigenvalue weighted by atomic mass is 35.5. The largest absolute Gasteiger partial charge is 0.362 e. The summed E-state index contributed by atoms with van der Waals surface area (Å²) in [5.74, 6) is 0. The minimum absolute atomic E-state index is 0. The van der Waals surface area contributed by atoms with E-state index >= 15 is 0 Å². The number of nitrogens with zero attached hydrogens (tertiary/aromatic N) is 2. The van der Waals surface area contributed by atoms with Crippen molar-refractivity contribution in [1.82, 2.24) is 15.1 Å². The molecule has 0 bridgehead atoms. The van der Waals surface area contributed by atoms with Gasteiger partial charge in [0.05, 0.1) is 6.61 Å². The van der Waals surface area contributed by atoms with Gasteiger partial charge in [0.15, 0.2) is 0 Å². The molecule has 1 atom stereocenters. The van der Waals surface area contributed by atoms with Crippen molar-refractivity contribution in [3.63, 3.8) is 0 Å². The Kier molecular flexibility index (Phi) is 5.86. The molecule has 2 aliphatic heterocycles. The molecule has 0 aromatic heterocycles. The highest BCUT2D eigenvalue weighted by Crippen LogP contribution is 2.05. The van der Waals surface area contributed by atoms with E-state index in [0.29, 0.717) is 6.23 Å². The number of hydrogen-bond donors (Lipinski definition) is 1. The third kappa shape index (κ3) is 4.25. The molecule has 2 aliphatic rings. The Morgan fingerprint density at radius 1 is 1.27 bits per heavy atom. The fraction of sp³-hybridized carbons (Fsp3) is 1.00. The second-order valence-corrected chi connectivity index (χ2v) is 4.25. The van der Waals surface area contributed by atoms with Gasteiger partial charge >= 0.3 is 0 Å². The molecule has 0 aromatic rings. The molecule has 0 aliphatic carbocycles. The summed E-state index contributed by atoms with van der Waals surface area (Å²) in [6.45, 7) is 7.91. The van der Waals surface area contributed by atoms with Crippen LogP contribution in [0.3, 0.4) is 0 Å². The molecule has 4 nitrogen and oxygen atoms in total. The van der Waals surface area contributed by atoms with Crippen molar-refractivity contribution in [3.8, 4) is 0 Å². The second-order valence-electron chi connectivity index (χ2n) is 4.25. The molecular formula is C10H22ClN3O. The number of piperazine rings is 1. The van der Waals surface area contributed by atoms with Crippen molar-refractivity contribution in [2.75, 3.05) is 52.9 Å². The lowest BCUT2D eigenvalue weighted by molar-refractivity contribution is 0.0733. The summed E-state index contributed by atoms with van der Waals surface area (Å²) in [7, 11) is 2.19. The summed E-state index contributed by atoms with van der Waals surface area (Å²) in [5, 5.41) is 3.35. The van der Waals surface area contributed by atoms with E-state index in [1.165, 1.54) is 32.7 Å². The van der Waals surface area contributed by atoms with Gasteiger partial charge < -0.3 is 14.5 Å². The summed E-state index contributed by atoms with van der Waals surface area (Å²) >= 11 is 0. The lowest BCUT2D eigenvalue weighted by Gasteiger charge is -2.32. The molecule has 5 heteroatoms. The van der Waals surface area contributed by atoms with Crippen molar-refractivity contribution < 1.29 is 4.74 Å². The number of halogens is 1. The minimum Gasteiger partial charge on any atom is -0.362 e. The molecule has 0 aromatic carbocycles. The van der Waals surface area contributed by atoms with Crippen molar-refractivity contribution in [3.05, 3.63) is 0 Å². The zero-order chi connectivity index (χ0) is 9.80. The molecule has 2 saturated heterocycles. The molecule has 1 N–H and O–H groups in total. The average molecular weight is 236 g/mol. The van der Waals surface area contributed by atoms with Crippen LogP contribution in [-0.4, -0.2) is 69.0 Å². The highest BCUT2D eigenvalue weighted by Gasteiger charge is 2.18. The van der Waals surface area contributed by atoms with Crippen LogP contribution < -0.4 is 5.32 Å². The molecule has 0 spiro atoms. The van der Waals surface area contributed by atoms with E-state index < -0.39 is 0 Å². The van der Waals surface area contributed by atoms with Crippen molar-refractivity contribution in [2.24, 2.45) is 0 Å². The van der Waals surface area contributed by atoms with Gasteiger partial charge in [0.1, 0.15) is 6.23 Å². The molecule has 15 heavy (non-hydrogen) atoms. The van der Waals surface area contributed by atoms with Crippen LogP contribution in [0.5, 0.6) is 0 Å². The number of nitrogens with one attached hydrogen (secondary N) is 1. The third-order valence-corrected chi connectivity index (χ3v) is 3.10. The van der Waals surface area contributed by atoms with Crippen LogP contribution in [0, 0.1) is 0 Å². The fourth-order valence-electron chi connectivity index (χ4n) is 2.04. The van der Waals surface area contributed by atoms with Gasteiger partial charge in [-0.25, -0.2) is 0 Å². The normalized spacial score (nSPS) is 29.0. The Labute approximate surface area is 98.3 Å². The number of ether oxygens (including phenoxy) is 1. The topological polar surface area (TPSA) is 27.7 Å². The van der Waals surface area contributed by atoms with E-state index in [0.717, 1.165) is 19.6 Å². The average Bonchev–Trinajstić information content (AvgIpc) is 2.70. The van der Waals surface area contributed by atoms with Crippen LogP contribution in [0.1, 0.15) is 6.42 Å².